The highest BCUT2D eigenvalue weighted by molar-refractivity contribution is 5.99. The van der Waals surface area contributed by atoms with Crippen LogP contribution >= 0.6 is 12.4 Å². The normalized spacial score (nSPS) is 16.1. The van der Waals surface area contributed by atoms with Crippen LogP contribution in [0.3, 0.4) is 0 Å². The summed E-state index contributed by atoms with van der Waals surface area (Å²) in [6, 6.07) is 13.5. The lowest BCUT2D eigenvalue weighted by atomic mass is 9.88. The predicted octanol–water partition coefficient (Wildman–Crippen LogP) is 3.04. The van der Waals surface area contributed by atoms with Crippen LogP contribution in [-0.2, 0) is 22.4 Å². The van der Waals surface area contributed by atoms with Crippen molar-refractivity contribution in [3.05, 3.63) is 53.6 Å². The van der Waals surface area contributed by atoms with Gasteiger partial charge in [0.2, 0.25) is 11.8 Å². The molecule has 0 radical (unpaired) electrons. The standard InChI is InChI=1S/C23H27N3O3.ClH/c1-15(18-13-24-14-18)23(28)25-19-7-6-17-8-9-26(21(17)12-19)22(27)11-16-4-3-5-20(10-16)29-2;/h3-7,10,12,15,18,24H,8-9,11,13-14H2,1-2H3,(H,25,28);1H. The Kier molecular flexibility index (Phi) is 7.00. The van der Waals surface area contributed by atoms with Gasteiger partial charge in [-0.2, -0.15) is 0 Å². The Bertz CT molecular complexity index is 930. The van der Waals surface area contributed by atoms with E-state index in [1.54, 1.807) is 7.11 Å². The minimum atomic E-state index is -0.0321. The number of benzene rings is 2. The minimum Gasteiger partial charge on any atom is -0.497 e. The minimum absolute atomic E-state index is 0. The molecule has 1 fully saturated rings. The van der Waals surface area contributed by atoms with Gasteiger partial charge in [0.05, 0.1) is 13.5 Å². The number of carbonyl (C=O) groups is 2. The van der Waals surface area contributed by atoms with Crippen molar-refractivity contribution in [3.8, 4) is 5.75 Å². The number of rotatable bonds is 6. The lowest BCUT2D eigenvalue weighted by Crippen LogP contribution is -2.48. The van der Waals surface area contributed by atoms with E-state index in [1.807, 2.05) is 54.3 Å². The van der Waals surface area contributed by atoms with E-state index in [4.69, 9.17) is 4.74 Å². The average Bonchev–Trinajstić information content (AvgIpc) is 3.10. The molecule has 0 spiro atoms. The number of hydrogen-bond donors (Lipinski definition) is 2. The second-order valence-corrected chi connectivity index (χ2v) is 7.86. The van der Waals surface area contributed by atoms with Gasteiger partial charge in [0.15, 0.2) is 0 Å². The van der Waals surface area contributed by atoms with Gasteiger partial charge in [0, 0.05) is 23.8 Å². The summed E-state index contributed by atoms with van der Waals surface area (Å²) < 4.78 is 5.25. The van der Waals surface area contributed by atoms with Crippen LogP contribution in [-0.4, -0.2) is 38.6 Å². The van der Waals surface area contributed by atoms with Crippen molar-refractivity contribution in [2.75, 3.05) is 37.0 Å². The zero-order chi connectivity index (χ0) is 20.4. The Morgan fingerprint density at radius 1 is 1.23 bits per heavy atom. The van der Waals surface area contributed by atoms with Crippen LogP contribution in [0.5, 0.6) is 5.75 Å². The first-order valence-corrected chi connectivity index (χ1v) is 10.1. The first-order chi connectivity index (χ1) is 14.0. The largest absolute Gasteiger partial charge is 0.497 e. The van der Waals surface area contributed by atoms with Gasteiger partial charge >= 0.3 is 0 Å². The highest BCUT2D eigenvalue weighted by Gasteiger charge is 2.29. The van der Waals surface area contributed by atoms with Crippen LogP contribution < -0.4 is 20.3 Å². The molecule has 0 saturated carbocycles. The van der Waals surface area contributed by atoms with E-state index in [9.17, 15) is 9.59 Å². The molecule has 4 rings (SSSR count). The quantitative estimate of drug-likeness (QED) is 0.740. The summed E-state index contributed by atoms with van der Waals surface area (Å²) in [6.07, 6.45) is 1.15. The second-order valence-electron chi connectivity index (χ2n) is 7.86. The number of anilines is 2. The predicted molar refractivity (Wildman–Crippen MR) is 121 cm³/mol. The molecule has 2 N–H and O–H groups in total. The molecule has 0 bridgehead atoms. The van der Waals surface area contributed by atoms with Gasteiger partial charge in [0.25, 0.3) is 0 Å². The zero-order valence-corrected chi connectivity index (χ0v) is 18.1. The van der Waals surface area contributed by atoms with Gasteiger partial charge in [-0.3, -0.25) is 9.59 Å². The van der Waals surface area contributed by atoms with Crippen molar-refractivity contribution < 1.29 is 14.3 Å². The Morgan fingerprint density at radius 3 is 2.73 bits per heavy atom. The molecule has 0 aliphatic carbocycles. The molecule has 1 unspecified atom stereocenters. The van der Waals surface area contributed by atoms with Crippen LogP contribution in [0, 0.1) is 11.8 Å². The molecule has 2 aliphatic rings. The van der Waals surface area contributed by atoms with Gasteiger partial charge in [-0.05, 0) is 60.8 Å². The lowest BCUT2D eigenvalue weighted by molar-refractivity contribution is -0.121. The molecule has 2 heterocycles. The van der Waals surface area contributed by atoms with E-state index >= 15 is 0 Å². The molecule has 2 aromatic carbocycles. The fourth-order valence-corrected chi connectivity index (χ4v) is 3.90. The molecule has 2 amide bonds. The third-order valence-corrected chi connectivity index (χ3v) is 5.97. The van der Waals surface area contributed by atoms with E-state index < -0.39 is 0 Å². The highest BCUT2D eigenvalue weighted by atomic mass is 35.5. The second kappa shape index (κ2) is 9.49. The number of fused-ring (bicyclic) bond motifs is 1. The van der Waals surface area contributed by atoms with E-state index in [0.717, 1.165) is 47.8 Å². The van der Waals surface area contributed by atoms with E-state index in [0.29, 0.717) is 18.9 Å². The summed E-state index contributed by atoms with van der Waals surface area (Å²) in [7, 11) is 1.62. The fourth-order valence-electron chi connectivity index (χ4n) is 3.90. The molecule has 1 saturated heterocycles. The number of halogens is 1. The highest BCUT2D eigenvalue weighted by Crippen LogP contribution is 2.32. The summed E-state index contributed by atoms with van der Waals surface area (Å²) >= 11 is 0. The average molecular weight is 430 g/mol. The van der Waals surface area contributed by atoms with Gasteiger partial charge in [0.1, 0.15) is 5.75 Å². The van der Waals surface area contributed by atoms with Crippen LogP contribution in [0.1, 0.15) is 18.1 Å². The van der Waals surface area contributed by atoms with E-state index in [2.05, 4.69) is 10.6 Å². The van der Waals surface area contributed by atoms with Crippen LogP contribution in [0.25, 0.3) is 0 Å². The molecule has 1 atom stereocenters. The Morgan fingerprint density at radius 2 is 2.03 bits per heavy atom. The van der Waals surface area contributed by atoms with Crippen molar-refractivity contribution in [1.29, 1.82) is 0 Å². The smallest absolute Gasteiger partial charge is 0.231 e. The van der Waals surface area contributed by atoms with E-state index in [-0.39, 0.29) is 30.1 Å². The fraction of sp³-hybridized carbons (Fsp3) is 0.391. The van der Waals surface area contributed by atoms with Crippen molar-refractivity contribution in [2.45, 2.75) is 19.8 Å². The molecule has 30 heavy (non-hydrogen) atoms. The third kappa shape index (κ3) is 4.60. The molecule has 2 aliphatic heterocycles. The number of hydrogen-bond acceptors (Lipinski definition) is 4. The van der Waals surface area contributed by atoms with Crippen molar-refractivity contribution >= 4 is 35.6 Å². The van der Waals surface area contributed by atoms with Crippen LogP contribution in [0.15, 0.2) is 42.5 Å². The zero-order valence-electron chi connectivity index (χ0n) is 17.3. The topological polar surface area (TPSA) is 70.7 Å². The van der Waals surface area contributed by atoms with Crippen LogP contribution in [0.2, 0.25) is 0 Å². The number of amides is 2. The summed E-state index contributed by atoms with van der Waals surface area (Å²) in [5, 5.41) is 6.23. The summed E-state index contributed by atoms with van der Waals surface area (Å²) in [5.74, 6) is 1.19. The third-order valence-electron chi connectivity index (χ3n) is 5.97. The Labute approximate surface area is 183 Å². The molecule has 2 aromatic rings. The van der Waals surface area contributed by atoms with E-state index in [1.165, 1.54) is 0 Å². The number of ether oxygens (including phenoxy) is 1. The van der Waals surface area contributed by atoms with Crippen molar-refractivity contribution in [2.24, 2.45) is 11.8 Å². The summed E-state index contributed by atoms with van der Waals surface area (Å²) in [5.41, 5.74) is 3.70. The molecular weight excluding hydrogens is 402 g/mol. The number of carbonyl (C=O) groups excluding carboxylic acids is 2. The first-order valence-electron chi connectivity index (χ1n) is 10.1. The number of nitrogens with zero attached hydrogens (tertiary/aromatic N) is 1. The van der Waals surface area contributed by atoms with Gasteiger partial charge in [-0.25, -0.2) is 0 Å². The number of methoxy groups -OCH3 is 1. The lowest BCUT2D eigenvalue weighted by Gasteiger charge is -2.31. The molecule has 7 heteroatoms. The monoisotopic (exact) mass is 429 g/mol. The Hall–Kier alpha value is -2.57. The van der Waals surface area contributed by atoms with Crippen molar-refractivity contribution in [1.82, 2.24) is 5.32 Å². The summed E-state index contributed by atoms with van der Waals surface area (Å²) in [4.78, 5) is 27.3. The van der Waals surface area contributed by atoms with Gasteiger partial charge < -0.3 is 20.3 Å². The van der Waals surface area contributed by atoms with Gasteiger partial charge in [-0.15, -0.1) is 12.4 Å². The maximum absolute atomic E-state index is 12.9. The maximum atomic E-state index is 12.9. The molecular formula is C23H28ClN3O3. The first kappa shape index (κ1) is 22.1. The van der Waals surface area contributed by atoms with Crippen molar-refractivity contribution in [3.63, 3.8) is 0 Å². The SMILES string of the molecule is COc1cccc(CC(=O)N2CCc3ccc(NC(=O)C(C)C4CNC4)cc32)c1.Cl. The van der Waals surface area contributed by atoms with Gasteiger partial charge in [-0.1, -0.05) is 25.1 Å². The summed E-state index contributed by atoms with van der Waals surface area (Å²) in [6.45, 7) is 4.43. The Balaban J connectivity index is 0.00000256. The maximum Gasteiger partial charge on any atom is 0.231 e. The van der Waals surface area contributed by atoms with Crippen LogP contribution in [0.4, 0.5) is 11.4 Å². The number of nitrogens with one attached hydrogen (secondary N) is 2. The molecule has 0 aromatic heterocycles. The molecule has 6 nitrogen and oxygen atoms in total. The molecule has 160 valence electrons.